The first-order valence-corrected chi connectivity index (χ1v) is 5.51. The van der Waals surface area contributed by atoms with Crippen LogP contribution in [-0.2, 0) is 20.9 Å². The van der Waals surface area contributed by atoms with E-state index in [4.69, 9.17) is 9.47 Å². The molecular formula is C13H11NO5. The Morgan fingerprint density at radius 1 is 1.32 bits per heavy atom. The molecule has 0 bridgehead atoms. The number of hydrogen-bond donors (Lipinski definition) is 0. The van der Waals surface area contributed by atoms with E-state index >= 15 is 0 Å². The van der Waals surface area contributed by atoms with Gasteiger partial charge in [-0.1, -0.05) is 0 Å². The fourth-order valence-electron chi connectivity index (χ4n) is 1.66. The van der Waals surface area contributed by atoms with Crippen LogP contribution in [0.1, 0.15) is 33.5 Å². The van der Waals surface area contributed by atoms with E-state index in [0.29, 0.717) is 5.69 Å². The summed E-state index contributed by atoms with van der Waals surface area (Å²) in [4.78, 5) is 38.5. The summed E-state index contributed by atoms with van der Waals surface area (Å²) in [5.41, 5.74) is 0.649. The monoisotopic (exact) mass is 261 g/mol. The zero-order valence-electron chi connectivity index (χ0n) is 10.4. The highest BCUT2D eigenvalue weighted by molar-refractivity contribution is 6.22. The lowest BCUT2D eigenvalue weighted by atomic mass is 9.98. The van der Waals surface area contributed by atoms with E-state index in [-0.39, 0.29) is 29.4 Å². The van der Waals surface area contributed by atoms with Gasteiger partial charge in [-0.3, -0.25) is 14.4 Å². The van der Waals surface area contributed by atoms with E-state index in [1.54, 1.807) is 0 Å². The molecule has 0 unspecified atom stereocenters. The van der Waals surface area contributed by atoms with E-state index < -0.39 is 11.8 Å². The third-order valence-electron chi connectivity index (χ3n) is 2.56. The zero-order chi connectivity index (χ0) is 14.0. The van der Waals surface area contributed by atoms with Gasteiger partial charge in [-0.2, -0.15) is 0 Å². The van der Waals surface area contributed by atoms with E-state index in [1.807, 2.05) is 0 Å². The minimum atomic E-state index is -0.441. The summed E-state index contributed by atoms with van der Waals surface area (Å²) >= 11 is 0. The number of nitrogens with zero attached hydrogens (tertiary/aromatic N) is 1. The molecule has 0 atom stereocenters. The molecule has 1 heterocycles. The second-order valence-corrected chi connectivity index (χ2v) is 3.89. The standard InChI is InChI=1S/C13H11NO5/c1-7(15)19-6-8-3-4-9-12(14-8)10(16)5-11(18-2)13(9)17/h3-5H,6H2,1-2H3. The van der Waals surface area contributed by atoms with Gasteiger partial charge >= 0.3 is 5.97 Å². The molecule has 1 aliphatic carbocycles. The molecule has 6 nitrogen and oxygen atoms in total. The Labute approximate surface area is 109 Å². The Morgan fingerprint density at radius 2 is 2.05 bits per heavy atom. The molecule has 1 aromatic heterocycles. The van der Waals surface area contributed by atoms with Gasteiger partial charge in [0.05, 0.1) is 18.4 Å². The molecule has 0 aromatic carbocycles. The van der Waals surface area contributed by atoms with Gasteiger partial charge in [0.15, 0.2) is 5.76 Å². The number of ketones is 2. The second kappa shape index (κ2) is 5.01. The first-order valence-electron chi connectivity index (χ1n) is 5.51. The Kier molecular flexibility index (Phi) is 3.41. The van der Waals surface area contributed by atoms with Crippen LogP contribution in [0, 0.1) is 0 Å². The lowest BCUT2D eigenvalue weighted by Crippen LogP contribution is -2.20. The van der Waals surface area contributed by atoms with Gasteiger partial charge in [0.1, 0.15) is 12.3 Å². The fourth-order valence-corrected chi connectivity index (χ4v) is 1.66. The number of allylic oxidation sites excluding steroid dienone is 2. The number of Topliss-reactive ketones (excluding diaryl/α,β-unsaturated/α-hetero) is 1. The van der Waals surface area contributed by atoms with E-state index in [0.717, 1.165) is 6.08 Å². The van der Waals surface area contributed by atoms with Gasteiger partial charge in [-0.15, -0.1) is 0 Å². The van der Waals surface area contributed by atoms with Gasteiger partial charge < -0.3 is 9.47 Å². The van der Waals surface area contributed by atoms with Crippen LogP contribution in [0.5, 0.6) is 0 Å². The van der Waals surface area contributed by atoms with Gasteiger partial charge in [0.25, 0.3) is 0 Å². The molecule has 0 amide bonds. The maximum atomic E-state index is 11.9. The first-order chi connectivity index (χ1) is 9.02. The maximum Gasteiger partial charge on any atom is 0.303 e. The summed E-state index contributed by atoms with van der Waals surface area (Å²) in [6, 6.07) is 3.01. The molecular weight excluding hydrogens is 250 g/mol. The van der Waals surface area contributed by atoms with Crippen LogP contribution in [0.15, 0.2) is 24.0 Å². The number of fused-ring (bicyclic) bond motifs is 1. The smallest absolute Gasteiger partial charge is 0.303 e. The first kappa shape index (κ1) is 12.9. The van der Waals surface area contributed by atoms with Crippen molar-refractivity contribution in [2.24, 2.45) is 0 Å². The van der Waals surface area contributed by atoms with Crippen LogP contribution in [0.2, 0.25) is 0 Å². The van der Waals surface area contributed by atoms with Crippen molar-refractivity contribution in [1.29, 1.82) is 0 Å². The number of hydrogen-bond acceptors (Lipinski definition) is 6. The molecule has 0 aliphatic heterocycles. The molecule has 0 radical (unpaired) electrons. The van der Waals surface area contributed by atoms with E-state index in [9.17, 15) is 14.4 Å². The highest BCUT2D eigenvalue weighted by atomic mass is 16.5. The van der Waals surface area contributed by atoms with Crippen molar-refractivity contribution in [3.63, 3.8) is 0 Å². The Bertz CT molecular complexity index is 603. The van der Waals surface area contributed by atoms with Crippen molar-refractivity contribution in [3.05, 3.63) is 40.9 Å². The maximum absolute atomic E-state index is 11.9. The van der Waals surface area contributed by atoms with E-state index in [2.05, 4.69) is 4.98 Å². The topological polar surface area (TPSA) is 82.6 Å². The summed E-state index contributed by atoms with van der Waals surface area (Å²) in [7, 11) is 1.32. The molecule has 1 aromatic rings. The quantitative estimate of drug-likeness (QED) is 0.756. The van der Waals surface area contributed by atoms with Crippen molar-refractivity contribution in [2.45, 2.75) is 13.5 Å². The Hall–Kier alpha value is -2.50. The third kappa shape index (κ3) is 2.52. The molecule has 0 saturated carbocycles. The summed E-state index contributed by atoms with van der Waals surface area (Å²) in [5.74, 6) is -1.24. The number of esters is 1. The van der Waals surface area contributed by atoms with Crippen molar-refractivity contribution in [2.75, 3.05) is 7.11 Å². The molecule has 0 spiro atoms. The van der Waals surface area contributed by atoms with Gasteiger partial charge in [0.2, 0.25) is 11.6 Å². The molecule has 6 heteroatoms. The lowest BCUT2D eigenvalue weighted by Gasteiger charge is -2.14. The van der Waals surface area contributed by atoms with Crippen LogP contribution in [0.25, 0.3) is 0 Å². The lowest BCUT2D eigenvalue weighted by molar-refractivity contribution is -0.142. The van der Waals surface area contributed by atoms with Crippen molar-refractivity contribution < 1.29 is 23.9 Å². The minimum Gasteiger partial charge on any atom is -0.492 e. The van der Waals surface area contributed by atoms with Crippen LogP contribution in [-0.4, -0.2) is 29.6 Å². The number of ether oxygens (including phenoxy) is 2. The second-order valence-electron chi connectivity index (χ2n) is 3.89. The number of pyridine rings is 1. The number of carbonyl (C=O) groups excluding carboxylic acids is 3. The van der Waals surface area contributed by atoms with Crippen LogP contribution in [0.4, 0.5) is 0 Å². The molecule has 98 valence electrons. The summed E-state index contributed by atoms with van der Waals surface area (Å²) in [6.07, 6.45) is 1.10. The fraction of sp³-hybridized carbons (Fsp3) is 0.231. The molecule has 0 fully saturated rings. The zero-order valence-corrected chi connectivity index (χ0v) is 10.4. The van der Waals surface area contributed by atoms with Gasteiger partial charge in [0, 0.05) is 13.0 Å². The number of rotatable bonds is 3. The van der Waals surface area contributed by atoms with Crippen LogP contribution in [0.3, 0.4) is 0 Å². The Morgan fingerprint density at radius 3 is 2.68 bits per heavy atom. The predicted molar refractivity (Wildman–Crippen MR) is 63.5 cm³/mol. The summed E-state index contributed by atoms with van der Waals surface area (Å²) in [6.45, 7) is 1.24. The number of aromatic nitrogens is 1. The predicted octanol–water partition coefficient (Wildman–Crippen LogP) is 1.05. The Balaban J connectivity index is 2.34. The normalized spacial score (nSPS) is 13.7. The average molecular weight is 261 g/mol. The van der Waals surface area contributed by atoms with Crippen molar-refractivity contribution in [3.8, 4) is 0 Å². The SMILES string of the molecule is COC1=CC(=O)c2nc(COC(C)=O)ccc2C1=O. The number of methoxy groups -OCH3 is 1. The third-order valence-corrected chi connectivity index (χ3v) is 2.56. The molecule has 19 heavy (non-hydrogen) atoms. The highest BCUT2D eigenvalue weighted by Gasteiger charge is 2.27. The summed E-state index contributed by atoms with van der Waals surface area (Å²) in [5, 5.41) is 0. The van der Waals surface area contributed by atoms with Crippen molar-refractivity contribution in [1.82, 2.24) is 4.98 Å². The minimum absolute atomic E-state index is 0.00737. The van der Waals surface area contributed by atoms with Crippen LogP contribution < -0.4 is 0 Å². The molecule has 0 N–H and O–H groups in total. The van der Waals surface area contributed by atoms with Crippen molar-refractivity contribution >= 4 is 17.5 Å². The molecule has 1 aliphatic rings. The van der Waals surface area contributed by atoms with Gasteiger partial charge in [-0.05, 0) is 12.1 Å². The van der Waals surface area contributed by atoms with E-state index in [1.165, 1.54) is 26.2 Å². The number of carbonyl (C=O) groups is 3. The van der Waals surface area contributed by atoms with Gasteiger partial charge in [-0.25, -0.2) is 4.98 Å². The largest absolute Gasteiger partial charge is 0.492 e. The molecule has 2 rings (SSSR count). The van der Waals surface area contributed by atoms with Crippen LogP contribution >= 0.6 is 0 Å². The molecule has 0 saturated heterocycles. The highest BCUT2D eigenvalue weighted by Crippen LogP contribution is 2.20. The summed E-state index contributed by atoms with van der Waals surface area (Å²) < 4.78 is 9.62. The average Bonchev–Trinajstić information content (AvgIpc) is 2.40.